The lowest BCUT2D eigenvalue weighted by Crippen LogP contribution is -2.16. The van der Waals surface area contributed by atoms with Gasteiger partial charge in [-0.15, -0.1) is 0 Å². The Kier molecular flexibility index (Phi) is 5.88. The summed E-state index contributed by atoms with van der Waals surface area (Å²) in [6, 6.07) is 14.5. The van der Waals surface area contributed by atoms with Crippen molar-refractivity contribution < 1.29 is 9.53 Å². The van der Waals surface area contributed by atoms with Gasteiger partial charge in [0.15, 0.2) is 0 Å². The van der Waals surface area contributed by atoms with Gasteiger partial charge in [-0.1, -0.05) is 29.8 Å². The Bertz CT molecular complexity index is 962. The largest absolute Gasteiger partial charge is 0.496 e. The lowest BCUT2D eigenvalue weighted by molar-refractivity contribution is 0.102. The van der Waals surface area contributed by atoms with Gasteiger partial charge in [0.1, 0.15) is 11.4 Å². The van der Waals surface area contributed by atoms with Crippen molar-refractivity contribution in [3.05, 3.63) is 76.6 Å². The fourth-order valence-electron chi connectivity index (χ4n) is 2.55. The molecule has 0 unspecified atom stereocenters. The number of amides is 1. The van der Waals surface area contributed by atoms with Gasteiger partial charge in [-0.05, 0) is 42.8 Å². The number of ether oxygens (including phenoxy) is 1. The third-order valence-electron chi connectivity index (χ3n) is 3.95. The highest BCUT2D eigenvalue weighted by molar-refractivity contribution is 6.30. The number of methoxy groups -OCH3 is 1. The summed E-state index contributed by atoms with van der Waals surface area (Å²) < 4.78 is 5.33. The van der Waals surface area contributed by atoms with Gasteiger partial charge in [0.25, 0.3) is 5.91 Å². The average molecular weight is 383 g/mol. The van der Waals surface area contributed by atoms with E-state index in [1.807, 2.05) is 31.2 Å². The number of benzene rings is 2. The lowest BCUT2D eigenvalue weighted by atomic mass is 10.2. The van der Waals surface area contributed by atoms with E-state index in [4.69, 9.17) is 16.3 Å². The highest BCUT2D eigenvalue weighted by atomic mass is 35.5. The third kappa shape index (κ3) is 4.74. The molecule has 27 heavy (non-hydrogen) atoms. The molecule has 0 atom stereocenters. The van der Waals surface area contributed by atoms with Gasteiger partial charge in [-0.2, -0.15) is 0 Å². The van der Waals surface area contributed by atoms with Crippen LogP contribution in [0.25, 0.3) is 0 Å². The predicted octanol–water partition coefficient (Wildman–Crippen LogP) is 4.31. The summed E-state index contributed by atoms with van der Waals surface area (Å²) in [6.07, 6.45) is 1.54. The van der Waals surface area contributed by atoms with Crippen LogP contribution < -0.4 is 15.4 Å². The number of carbonyl (C=O) groups excluding carboxylic acids is 1. The summed E-state index contributed by atoms with van der Waals surface area (Å²) in [7, 11) is 1.62. The summed E-state index contributed by atoms with van der Waals surface area (Å²) in [4.78, 5) is 20.9. The van der Waals surface area contributed by atoms with Crippen LogP contribution in [0.15, 0.2) is 54.7 Å². The number of halogens is 1. The van der Waals surface area contributed by atoms with Crippen LogP contribution in [0.2, 0.25) is 5.02 Å². The number of rotatable bonds is 6. The Morgan fingerprint density at radius 1 is 1.19 bits per heavy atom. The number of carbonyl (C=O) groups is 1. The molecule has 3 aromatic rings. The number of nitrogens with zero attached hydrogens (tertiary/aromatic N) is 2. The van der Waals surface area contributed by atoms with Gasteiger partial charge in [-0.25, -0.2) is 9.97 Å². The zero-order valence-electron chi connectivity index (χ0n) is 15.0. The van der Waals surface area contributed by atoms with Gasteiger partial charge in [0.05, 0.1) is 7.11 Å². The molecule has 1 amide bonds. The molecule has 138 valence electrons. The molecule has 6 nitrogen and oxygen atoms in total. The molecule has 2 N–H and O–H groups in total. The van der Waals surface area contributed by atoms with E-state index < -0.39 is 0 Å². The standard InChI is InChI=1S/C20H19ClN4O2/c1-13-11-15(21)7-8-16(13)24-19(26)17-9-10-22-20(25-17)23-12-14-5-3-4-6-18(14)27-2/h3-11H,12H2,1-2H3,(H,24,26)(H,22,23,25). The van der Waals surface area contributed by atoms with E-state index in [0.717, 1.165) is 16.9 Å². The number of aromatic nitrogens is 2. The highest BCUT2D eigenvalue weighted by Gasteiger charge is 2.11. The maximum Gasteiger partial charge on any atom is 0.274 e. The first kappa shape index (κ1) is 18.7. The van der Waals surface area contributed by atoms with Gasteiger partial charge in [-0.3, -0.25) is 4.79 Å². The topological polar surface area (TPSA) is 76.1 Å². The van der Waals surface area contributed by atoms with Crippen molar-refractivity contribution in [3.8, 4) is 5.75 Å². The molecule has 0 spiro atoms. The molecule has 0 radical (unpaired) electrons. The molecular weight excluding hydrogens is 364 g/mol. The Balaban J connectivity index is 1.70. The van der Waals surface area contributed by atoms with Crippen molar-refractivity contribution in [3.63, 3.8) is 0 Å². The van der Waals surface area contributed by atoms with Crippen LogP contribution in [-0.2, 0) is 6.54 Å². The normalized spacial score (nSPS) is 10.3. The molecular formula is C20H19ClN4O2. The quantitative estimate of drug-likeness (QED) is 0.664. The van der Waals surface area contributed by atoms with Gasteiger partial charge >= 0.3 is 0 Å². The third-order valence-corrected chi connectivity index (χ3v) is 4.19. The van der Waals surface area contributed by atoms with Gasteiger partial charge in [0.2, 0.25) is 5.95 Å². The van der Waals surface area contributed by atoms with Crippen LogP contribution in [-0.4, -0.2) is 23.0 Å². The molecule has 0 saturated carbocycles. The molecule has 3 rings (SSSR count). The fraction of sp³-hybridized carbons (Fsp3) is 0.150. The van der Waals surface area contributed by atoms with Crippen molar-refractivity contribution in [1.82, 2.24) is 9.97 Å². The SMILES string of the molecule is COc1ccccc1CNc1nccc(C(=O)Nc2ccc(Cl)cc2C)n1. The summed E-state index contributed by atoms with van der Waals surface area (Å²) in [6.45, 7) is 2.35. The van der Waals surface area contributed by atoms with Crippen molar-refractivity contribution in [2.75, 3.05) is 17.7 Å². The van der Waals surface area contributed by atoms with Crippen LogP contribution in [0.5, 0.6) is 5.75 Å². The second kappa shape index (κ2) is 8.51. The van der Waals surface area contributed by atoms with Crippen LogP contribution in [0.4, 0.5) is 11.6 Å². The zero-order chi connectivity index (χ0) is 19.2. The summed E-state index contributed by atoms with van der Waals surface area (Å²) in [5, 5.41) is 6.57. The first-order chi connectivity index (χ1) is 13.1. The second-order valence-corrected chi connectivity index (χ2v) is 6.28. The summed E-state index contributed by atoms with van der Waals surface area (Å²) in [5.41, 5.74) is 2.79. The molecule has 0 fully saturated rings. The van der Waals surface area contributed by atoms with Gasteiger partial charge in [0, 0.05) is 29.0 Å². The van der Waals surface area contributed by atoms with Crippen LogP contribution >= 0.6 is 11.6 Å². The maximum absolute atomic E-state index is 12.5. The van der Waals surface area contributed by atoms with E-state index in [9.17, 15) is 4.79 Å². The van der Waals surface area contributed by atoms with Crippen molar-refractivity contribution >= 4 is 29.1 Å². The first-order valence-electron chi connectivity index (χ1n) is 8.33. The fourth-order valence-corrected chi connectivity index (χ4v) is 2.77. The predicted molar refractivity (Wildman–Crippen MR) is 106 cm³/mol. The minimum absolute atomic E-state index is 0.266. The minimum Gasteiger partial charge on any atom is -0.496 e. The molecule has 1 heterocycles. The number of hydrogen-bond donors (Lipinski definition) is 2. The Morgan fingerprint density at radius 3 is 2.78 bits per heavy atom. The number of anilines is 2. The Morgan fingerprint density at radius 2 is 2.00 bits per heavy atom. The number of aryl methyl sites for hydroxylation is 1. The van der Waals surface area contributed by atoms with Crippen molar-refractivity contribution in [2.45, 2.75) is 13.5 Å². The van der Waals surface area contributed by atoms with E-state index in [-0.39, 0.29) is 11.6 Å². The molecule has 0 bridgehead atoms. The molecule has 1 aromatic heterocycles. The van der Waals surface area contributed by atoms with E-state index in [0.29, 0.717) is 23.2 Å². The first-order valence-corrected chi connectivity index (χ1v) is 8.71. The van der Waals surface area contributed by atoms with Crippen LogP contribution in [0, 0.1) is 6.92 Å². The van der Waals surface area contributed by atoms with Crippen LogP contribution in [0.3, 0.4) is 0 Å². The van der Waals surface area contributed by atoms with Crippen molar-refractivity contribution in [1.29, 1.82) is 0 Å². The molecule has 0 aliphatic heterocycles. The second-order valence-electron chi connectivity index (χ2n) is 5.84. The number of para-hydroxylation sites is 1. The Labute approximate surface area is 162 Å². The lowest BCUT2D eigenvalue weighted by Gasteiger charge is -2.11. The zero-order valence-corrected chi connectivity index (χ0v) is 15.7. The number of hydrogen-bond acceptors (Lipinski definition) is 5. The van der Waals surface area contributed by atoms with Gasteiger partial charge < -0.3 is 15.4 Å². The molecule has 7 heteroatoms. The minimum atomic E-state index is -0.317. The van der Waals surface area contributed by atoms with Crippen molar-refractivity contribution in [2.24, 2.45) is 0 Å². The average Bonchev–Trinajstić information content (AvgIpc) is 2.69. The maximum atomic E-state index is 12.5. The van der Waals surface area contributed by atoms with E-state index in [1.165, 1.54) is 0 Å². The highest BCUT2D eigenvalue weighted by Crippen LogP contribution is 2.20. The number of nitrogens with one attached hydrogen (secondary N) is 2. The van der Waals surface area contributed by atoms with E-state index >= 15 is 0 Å². The molecule has 2 aromatic carbocycles. The van der Waals surface area contributed by atoms with E-state index in [2.05, 4.69) is 20.6 Å². The molecule has 0 aliphatic carbocycles. The smallest absolute Gasteiger partial charge is 0.274 e. The Hall–Kier alpha value is -3.12. The summed E-state index contributed by atoms with van der Waals surface area (Å²) in [5.74, 6) is 0.821. The molecule has 0 aliphatic rings. The molecule has 0 saturated heterocycles. The van der Waals surface area contributed by atoms with Crippen LogP contribution in [0.1, 0.15) is 21.6 Å². The monoisotopic (exact) mass is 382 g/mol. The van der Waals surface area contributed by atoms with E-state index in [1.54, 1.807) is 37.6 Å². The summed E-state index contributed by atoms with van der Waals surface area (Å²) >= 11 is 5.95.